The highest BCUT2D eigenvalue weighted by Gasteiger charge is 2.23. The molecule has 0 saturated heterocycles. The number of amides is 3. The summed E-state index contributed by atoms with van der Waals surface area (Å²) >= 11 is 0. The van der Waals surface area contributed by atoms with Gasteiger partial charge in [0, 0.05) is 30.4 Å². The van der Waals surface area contributed by atoms with E-state index >= 15 is 0 Å². The highest BCUT2D eigenvalue weighted by molar-refractivity contribution is 5.97. The minimum Gasteiger partial charge on any atom is -0.335 e. The lowest BCUT2D eigenvalue weighted by atomic mass is 10.1. The molecule has 2 aromatic rings. The molecule has 5 heteroatoms. The van der Waals surface area contributed by atoms with E-state index in [4.69, 9.17) is 0 Å². The largest absolute Gasteiger partial charge is 0.335 e. The monoisotopic (exact) mass is 337 g/mol. The minimum atomic E-state index is -0.219. The van der Waals surface area contributed by atoms with Crippen LogP contribution >= 0.6 is 0 Å². The van der Waals surface area contributed by atoms with E-state index in [9.17, 15) is 9.59 Å². The first kappa shape index (κ1) is 17.0. The molecule has 2 aromatic carbocycles. The molecule has 3 amide bonds. The van der Waals surface area contributed by atoms with Crippen molar-refractivity contribution in [2.45, 2.75) is 32.4 Å². The summed E-state index contributed by atoms with van der Waals surface area (Å²) in [4.78, 5) is 26.5. The summed E-state index contributed by atoms with van der Waals surface area (Å²) < 4.78 is 0. The number of urea groups is 1. The fourth-order valence-corrected chi connectivity index (χ4v) is 2.62. The Kier molecular flexibility index (Phi) is 5.33. The molecule has 0 unspecified atom stereocenters. The molecule has 1 aliphatic rings. The summed E-state index contributed by atoms with van der Waals surface area (Å²) in [5.41, 5.74) is 2.29. The Morgan fingerprint density at radius 1 is 1.08 bits per heavy atom. The Morgan fingerprint density at radius 2 is 1.84 bits per heavy atom. The average molecular weight is 337 g/mol. The van der Waals surface area contributed by atoms with Crippen molar-refractivity contribution < 1.29 is 9.59 Å². The quantitative estimate of drug-likeness (QED) is 0.845. The number of nitrogens with zero attached hydrogens (tertiary/aromatic N) is 1. The lowest BCUT2D eigenvalue weighted by molar-refractivity contribution is 0.0752. The smallest absolute Gasteiger partial charge is 0.319 e. The van der Waals surface area contributed by atoms with Gasteiger partial charge in [0.15, 0.2) is 0 Å². The van der Waals surface area contributed by atoms with Crippen LogP contribution < -0.4 is 10.6 Å². The van der Waals surface area contributed by atoms with E-state index in [1.165, 1.54) is 0 Å². The van der Waals surface area contributed by atoms with Crippen LogP contribution in [0, 0.1) is 0 Å². The van der Waals surface area contributed by atoms with E-state index in [0.717, 1.165) is 18.4 Å². The Labute approximate surface area is 148 Å². The lowest BCUT2D eigenvalue weighted by Gasteiger charge is -2.21. The van der Waals surface area contributed by atoms with Gasteiger partial charge in [0.25, 0.3) is 5.91 Å². The van der Waals surface area contributed by atoms with Crippen LogP contribution in [0.25, 0.3) is 0 Å². The van der Waals surface area contributed by atoms with Crippen molar-refractivity contribution >= 4 is 17.6 Å². The van der Waals surface area contributed by atoms with E-state index in [2.05, 4.69) is 10.6 Å². The highest BCUT2D eigenvalue weighted by atomic mass is 16.2. The van der Waals surface area contributed by atoms with Crippen molar-refractivity contribution in [3.63, 3.8) is 0 Å². The molecule has 3 rings (SSSR count). The fourth-order valence-electron chi connectivity index (χ4n) is 2.62. The molecule has 0 heterocycles. The normalized spacial score (nSPS) is 13.2. The van der Waals surface area contributed by atoms with Crippen LogP contribution in [0.2, 0.25) is 0 Å². The molecule has 1 aliphatic carbocycles. The molecule has 1 saturated carbocycles. The van der Waals surface area contributed by atoms with Crippen molar-refractivity contribution in [1.82, 2.24) is 10.2 Å². The van der Waals surface area contributed by atoms with Gasteiger partial charge in [-0.1, -0.05) is 36.4 Å². The molecular formula is C20H23N3O2. The van der Waals surface area contributed by atoms with Gasteiger partial charge in [-0.15, -0.1) is 0 Å². The maximum absolute atomic E-state index is 12.8. The number of rotatable bonds is 6. The zero-order valence-electron chi connectivity index (χ0n) is 14.4. The van der Waals surface area contributed by atoms with E-state index in [1.807, 2.05) is 37.3 Å². The molecule has 0 aliphatic heterocycles. The first-order chi connectivity index (χ1) is 12.2. The summed E-state index contributed by atoms with van der Waals surface area (Å²) in [6.07, 6.45) is 2.08. The molecule has 0 radical (unpaired) electrons. The molecular weight excluding hydrogens is 314 g/mol. The topological polar surface area (TPSA) is 61.4 Å². The molecule has 25 heavy (non-hydrogen) atoms. The van der Waals surface area contributed by atoms with E-state index < -0.39 is 0 Å². The summed E-state index contributed by atoms with van der Waals surface area (Å²) in [5.74, 6) is -0.0439. The molecule has 5 nitrogen and oxygen atoms in total. The van der Waals surface area contributed by atoms with Crippen molar-refractivity contribution in [2.75, 3.05) is 11.9 Å². The number of benzene rings is 2. The Morgan fingerprint density at radius 3 is 2.52 bits per heavy atom. The zero-order valence-corrected chi connectivity index (χ0v) is 14.4. The van der Waals surface area contributed by atoms with Gasteiger partial charge in [0.05, 0.1) is 0 Å². The van der Waals surface area contributed by atoms with Crippen LogP contribution in [-0.4, -0.2) is 29.4 Å². The van der Waals surface area contributed by atoms with Crippen LogP contribution in [0.15, 0.2) is 54.6 Å². The number of hydrogen-bond acceptors (Lipinski definition) is 2. The second-order valence-electron chi connectivity index (χ2n) is 6.26. The predicted octanol–water partition coefficient (Wildman–Crippen LogP) is 3.63. The minimum absolute atomic E-state index is 0.0439. The maximum Gasteiger partial charge on any atom is 0.319 e. The molecule has 2 N–H and O–H groups in total. The third kappa shape index (κ3) is 4.83. The van der Waals surface area contributed by atoms with E-state index in [0.29, 0.717) is 30.4 Å². The van der Waals surface area contributed by atoms with Crippen molar-refractivity contribution in [1.29, 1.82) is 0 Å². The SMILES string of the molecule is CCN(Cc1ccccc1)C(=O)c1cccc(NC(=O)NC2CC2)c1. The van der Waals surface area contributed by atoms with Gasteiger partial charge in [-0.25, -0.2) is 4.79 Å². The summed E-state index contributed by atoms with van der Waals surface area (Å²) in [6.45, 7) is 3.15. The van der Waals surface area contributed by atoms with Crippen molar-refractivity contribution in [3.8, 4) is 0 Å². The van der Waals surface area contributed by atoms with Gasteiger partial charge < -0.3 is 15.5 Å². The molecule has 130 valence electrons. The van der Waals surface area contributed by atoms with Crippen LogP contribution in [0.3, 0.4) is 0 Å². The highest BCUT2D eigenvalue weighted by Crippen LogP contribution is 2.19. The van der Waals surface area contributed by atoms with Gasteiger partial charge in [-0.3, -0.25) is 4.79 Å². The fraction of sp³-hybridized carbons (Fsp3) is 0.300. The number of nitrogens with one attached hydrogen (secondary N) is 2. The summed E-state index contributed by atoms with van der Waals surface area (Å²) in [5, 5.41) is 5.67. The first-order valence-electron chi connectivity index (χ1n) is 8.66. The lowest BCUT2D eigenvalue weighted by Crippen LogP contribution is -2.31. The van der Waals surface area contributed by atoms with Crippen LogP contribution in [-0.2, 0) is 6.54 Å². The maximum atomic E-state index is 12.8. The number of hydrogen-bond donors (Lipinski definition) is 2. The molecule has 0 atom stereocenters. The van der Waals surface area contributed by atoms with Gasteiger partial charge in [0.1, 0.15) is 0 Å². The van der Waals surface area contributed by atoms with Crippen molar-refractivity contribution in [2.24, 2.45) is 0 Å². The molecule has 0 bridgehead atoms. The molecule has 0 aromatic heterocycles. The van der Waals surface area contributed by atoms with E-state index in [-0.39, 0.29) is 11.9 Å². The van der Waals surface area contributed by atoms with Crippen LogP contribution in [0.1, 0.15) is 35.7 Å². The Balaban J connectivity index is 1.67. The Bertz CT molecular complexity index is 742. The van der Waals surface area contributed by atoms with Crippen LogP contribution in [0.5, 0.6) is 0 Å². The standard InChI is InChI=1S/C20H23N3O2/c1-2-23(14-15-7-4-3-5-8-15)19(24)16-9-6-10-18(13-16)22-20(25)21-17-11-12-17/h3-10,13,17H,2,11-12,14H2,1H3,(H2,21,22,25). The van der Waals surface area contributed by atoms with Crippen molar-refractivity contribution in [3.05, 3.63) is 65.7 Å². The zero-order chi connectivity index (χ0) is 17.6. The first-order valence-corrected chi connectivity index (χ1v) is 8.66. The predicted molar refractivity (Wildman–Crippen MR) is 98.5 cm³/mol. The van der Waals surface area contributed by atoms with E-state index in [1.54, 1.807) is 29.2 Å². The third-order valence-corrected chi connectivity index (χ3v) is 4.17. The third-order valence-electron chi connectivity index (χ3n) is 4.17. The van der Waals surface area contributed by atoms with Gasteiger partial charge in [0.2, 0.25) is 0 Å². The Hall–Kier alpha value is -2.82. The second kappa shape index (κ2) is 7.83. The van der Waals surface area contributed by atoms with Gasteiger partial charge in [-0.2, -0.15) is 0 Å². The molecule has 0 spiro atoms. The average Bonchev–Trinajstić information content (AvgIpc) is 3.44. The number of carbonyl (C=O) groups is 2. The second-order valence-corrected chi connectivity index (χ2v) is 6.26. The van der Waals surface area contributed by atoms with Gasteiger partial charge >= 0.3 is 6.03 Å². The molecule has 1 fully saturated rings. The summed E-state index contributed by atoms with van der Waals surface area (Å²) in [6, 6.07) is 17.1. The summed E-state index contributed by atoms with van der Waals surface area (Å²) in [7, 11) is 0. The number of anilines is 1. The number of carbonyl (C=O) groups excluding carboxylic acids is 2. The van der Waals surface area contributed by atoms with Gasteiger partial charge in [-0.05, 0) is 43.5 Å². The van der Waals surface area contributed by atoms with Crippen LogP contribution in [0.4, 0.5) is 10.5 Å².